The molecular formula is C14H16ClN5. The average Bonchev–Trinajstić information content (AvgIpc) is 3.04. The first-order chi connectivity index (χ1) is 9.69. The van der Waals surface area contributed by atoms with Crippen LogP contribution in [-0.2, 0) is 20.0 Å². The van der Waals surface area contributed by atoms with Crippen molar-refractivity contribution in [2.24, 2.45) is 7.05 Å². The van der Waals surface area contributed by atoms with Gasteiger partial charge in [0.15, 0.2) is 0 Å². The van der Waals surface area contributed by atoms with Gasteiger partial charge >= 0.3 is 0 Å². The topological polar surface area (TPSA) is 58.5 Å². The van der Waals surface area contributed by atoms with Gasteiger partial charge in [0.05, 0.1) is 28.1 Å². The summed E-state index contributed by atoms with van der Waals surface area (Å²) in [5.41, 5.74) is 4.15. The first-order valence-corrected chi connectivity index (χ1v) is 6.93. The van der Waals surface area contributed by atoms with E-state index in [1.165, 1.54) is 5.56 Å². The Balaban J connectivity index is 1.84. The molecule has 6 heteroatoms. The fourth-order valence-corrected chi connectivity index (χ4v) is 2.62. The molecule has 1 aromatic carbocycles. The van der Waals surface area contributed by atoms with Crippen LogP contribution >= 0.6 is 11.6 Å². The Kier molecular flexibility index (Phi) is 3.36. The maximum atomic E-state index is 6.38. The summed E-state index contributed by atoms with van der Waals surface area (Å²) < 4.78 is 1.84. The van der Waals surface area contributed by atoms with E-state index in [-0.39, 0.29) is 0 Å². The minimum absolute atomic E-state index is 0.693. The van der Waals surface area contributed by atoms with E-state index in [1.54, 1.807) is 6.20 Å². The number of aromatic nitrogens is 4. The quantitative estimate of drug-likeness (QED) is 0.776. The lowest BCUT2D eigenvalue weighted by Gasteiger charge is -2.08. The number of rotatable bonds is 4. The Bertz CT molecular complexity index is 743. The van der Waals surface area contributed by atoms with Crippen LogP contribution in [0.5, 0.6) is 0 Å². The maximum absolute atomic E-state index is 6.38. The zero-order valence-electron chi connectivity index (χ0n) is 11.4. The van der Waals surface area contributed by atoms with Gasteiger partial charge in [0.25, 0.3) is 0 Å². The van der Waals surface area contributed by atoms with Gasteiger partial charge in [-0.15, -0.1) is 0 Å². The molecule has 0 atom stereocenters. The number of hydrogen-bond donors (Lipinski definition) is 2. The van der Waals surface area contributed by atoms with Crippen molar-refractivity contribution in [2.45, 2.75) is 19.9 Å². The highest BCUT2D eigenvalue weighted by molar-refractivity contribution is 6.38. The summed E-state index contributed by atoms with van der Waals surface area (Å²) in [6.07, 6.45) is 4.70. The SMILES string of the molecule is CCc1nn(C)cc1CNc1ccc2[nH]ncc2c1Cl. The van der Waals surface area contributed by atoms with Crippen LogP contribution in [0.3, 0.4) is 0 Å². The van der Waals surface area contributed by atoms with E-state index in [9.17, 15) is 0 Å². The molecule has 0 aliphatic rings. The van der Waals surface area contributed by atoms with Gasteiger partial charge in [-0.3, -0.25) is 9.78 Å². The lowest BCUT2D eigenvalue weighted by molar-refractivity contribution is 0.746. The molecule has 0 spiro atoms. The fourth-order valence-electron chi connectivity index (χ4n) is 2.34. The summed E-state index contributed by atoms with van der Waals surface area (Å²) in [5.74, 6) is 0. The van der Waals surface area contributed by atoms with E-state index in [4.69, 9.17) is 11.6 Å². The van der Waals surface area contributed by atoms with Crippen LogP contribution < -0.4 is 5.32 Å². The molecule has 2 N–H and O–H groups in total. The van der Waals surface area contributed by atoms with Crippen molar-refractivity contribution in [1.29, 1.82) is 0 Å². The van der Waals surface area contributed by atoms with Crippen LogP contribution in [0.4, 0.5) is 5.69 Å². The van der Waals surface area contributed by atoms with Crippen molar-refractivity contribution in [1.82, 2.24) is 20.0 Å². The number of fused-ring (bicyclic) bond motifs is 1. The molecule has 104 valence electrons. The van der Waals surface area contributed by atoms with Gasteiger partial charge in [0.2, 0.25) is 0 Å². The molecule has 0 fully saturated rings. The van der Waals surface area contributed by atoms with Crippen molar-refractivity contribution in [3.63, 3.8) is 0 Å². The maximum Gasteiger partial charge on any atom is 0.0747 e. The first kappa shape index (κ1) is 13.0. The Hall–Kier alpha value is -2.01. The highest BCUT2D eigenvalue weighted by atomic mass is 35.5. The Labute approximate surface area is 121 Å². The summed E-state index contributed by atoms with van der Waals surface area (Å²) in [7, 11) is 1.94. The third-order valence-corrected chi connectivity index (χ3v) is 3.76. The van der Waals surface area contributed by atoms with Crippen LogP contribution in [0.15, 0.2) is 24.5 Å². The fraction of sp³-hybridized carbons (Fsp3) is 0.286. The number of aryl methyl sites for hydroxylation is 2. The monoisotopic (exact) mass is 289 g/mol. The van der Waals surface area contributed by atoms with Crippen molar-refractivity contribution in [3.8, 4) is 0 Å². The van der Waals surface area contributed by atoms with E-state index in [2.05, 4.69) is 27.5 Å². The van der Waals surface area contributed by atoms with Crippen molar-refractivity contribution < 1.29 is 0 Å². The molecule has 0 radical (unpaired) electrons. The molecule has 5 nitrogen and oxygen atoms in total. The van der Waals surface area contributed by atoms with E-state index in [1.807, 2.05) is 30.1 Å². The van der Waals surface area contributed by atoms with E-state index in [0.717, 1.165) is 28.7 Å². The second-order valence-corrected chi connectivity index (χ2v) is 5.12. The normalized spacial score (nSPS) is 11.2. The lowest BCUT2D eigenvalue weighted by Crippen LogP contribution is -2.01. The smallest absolute Gasteiger partial charge is 0.0747 e. The van der Waals surface area contributed by atoms with Crippen LogP contribution in [-0.4, -0.2) is 20.0 Å². The molecule has 0 saturated carbocycles. The van der Waals surface area contributed by atoms with Gasteiger partial charge in [-0.2, -0.15) is 10.2 Å². The molecule has 0 aliphatic carbocycles. The molecule has 3 rings (SSSR count). The molecule has 0 saturated heterocycles. The molecule has 3 aromatic rings. The van der Waals surface area contributed by atoms with Crippen molar-refractivity contribution in [2.75, 3.05) is 5.32 Å². The van der Waals surface area contributed by atoms with Crippen LogP contribution in [0.2, 0.25) is 5.02 Å². The number of benzene rings is 1. The van der Waals surface area contributed by atoms with E-state index >= 15 is 0 Å². The third-order valence-electron chi connectivity index (χ3n) is 3.35. The highest BCUT2D eigenvalue weighted by Gasteiger charge is 2.09. The number of H-pyrrole nitrogens is 1. The average molecular weight is 290 g/mol. The van der Waals surface area contributed by atoms with Gasteiger partial charge < -0.3 is 5.32 Å². The van der Waals surface area contributed by atoms with Gasteiger partial charge in [0, 0.05) is 30.7 Å². The molecule has 2 heterocycles. The van der Waals surface area contributed by atoms with Gasteiger partial charge in [-0.1, -0.05) is 18.5 Å². The Morgan fingerprint density at radius 1 is 1.40 bits per heavy atom. The van der Waals surface area contributed by atoms with Crippen LogP contribution in [0, 0.1) is 0 Å². The number of nitrogens with zero attached hydrogens (tertiary/aromatic N) is 3. The first-order valence-electron chi connectivity index (χ1n) is 6.56. The van der Waals surface area contributed by atoms with Gasteiger partial charge in [0.1, 0.15) is 0 Å². The minimum Gasteiger partial charge on any atom is -0.380 e. The second-order valence-electron chi connectivity index (χ2n) is 4.74. The summed E-state index contributed by atoms with van der Waals surface area (Å²) in [6, 6.07) is 3.94. The summed E-state index contributed by atoms with van der Waals surface area (Å²) >= 11 is 6.38. The standard InChI is InChI=1S/C14H16ClN5/c1-3-11-9(8-20(2)19-11)6-16-13-5-4-12-10(14(13)15)7-17-18-12/h4-5,7-8,16H,3,6H2,1-2H3,(H,17,18). The zero-order valence-corrected chi connectivity index (χ0v) is 12.2. The summed E-state index contributed by atoms with van der Waals surface area (Å²) in [6.45, 7) is 2.82. The number of halogens is 1. The molecular weight excluding hydrogens is 274 g/mol. The lowest BCUT2D eigenvalue weighted by atomic mass is 10.2. The molecule has 2 aromatic heterocycles. The van der Waals surface area contributed by atoms with Crippen LogP contribution in [0.25, 0.3) is 10.9 Å². The molecule has 0 amide bonds. The van der Waals surface area contributed by atoms with Gasteiger partial charge in [-0.05, 0) is 18.6 Å². The Morgan fingerprint density at radius 2 is 2.25 bits per heavy atom. The van der Waals surface area contributed by atoms with Crippen molar-refractivity contribution in [3.05, 3.63) is 40.8 Å². The zero-order chi connectivity index (χ0) is 14.1. The third kappa shape index (κ3) is 2.25. The molecule has 0 bridgehead atoms. The number of anilines is 1. The highest BCUT2D eigenvalue weighted by Crippen LogP contribution is 2.30. The van der Waals surface area contributed by atoms with Crippen molar-refractivity contribution >= 4 is 28.2 Å². The number of aromatic amines is 1. The molecule has 0 unspecified atom stereocenters. The summed E-state index contributed by atoms with van der Waals surface area (Å²) in [4.78, 5) is 0. The number of nitrogens with one attached hydrogen (secondary N) is 2. The summed E-state index contributed by atoms with van der Waals surface area (Å²) in [5, 5.41) is 16.3. The Morgan fingerprint density at radius 3 is 3.05 bits per heavy atom. The van der Waals surface area contributed by atoms with E-state index in [0.29, 0.717) is 11.6 Å². The molecule has 0 aliphatic heterocycles. The minimum atomic E-state index is 0.693. The largest absolute Gasteiger partial charge is 0.380 e. The predicted molar refractivity (Wildman–Crippen MR) is 81.0 cm³/mol. The number of hydrogen-bond acceptors (Lipinski definition) is 3. The van der Waals surface area contributed by atoms with Gasteiger partial charge in [-0.25, -0.2) is 0 Å². The van der Waals surface area contributed by atoms with E-state index < -0.39 is 0 Å². The van der Waals surface area contributed by atoms with Crippen LogP contribution in [0.1, 0.15) is 18.2 Å². The molecule has 20 heavy (non-hydrogen) atoms. The predicted octanol–water partition coefficient (Wildman–Crippen LogP) is 3.12. The second kappa shape index (κ2) is 5.17.